The van der Waals surface area contributed by atoms with Crippen LogP contribution in [0, 0.1) is 0 Å². The zero-order chi connectivity index (χ0) is 28.2. The lowest BCUT2D eigenvalue weighted by atomic mass is 9.96. The normalized spacial score (nSPS) is 20.1. The molecule has 2 amide bonds. The zero-order valence-electron chi connectivity index (χ0n) is 20.9. The second-order valence-corrected chi connectivity index (χ2v) is 10.6. The lowest BCUT2D eigenvalue weighted by Crippen LogP contribution is -2.46. The second kappa shape index (κ2) is 10.1. The fourth-order valence-electron chi connectivity index (χ4n) is 5.11. The second-order valence-electron chi connectivity index (χ2n) is 9.78. The van der Waals surface area contributed by atoms with Crippen LogP contribution in [0.25, 0.3) is 0 Å². The molecule has 3 atom stereocenters. The smallest absolute Gasteiger partial charge is 0.394 e. The van der Waals surface area contributed by atoms with Gasteiger partial charge in [-0.15, -0.1) is 0 Å². The van der Waals surface area contributed by atoms with E-state index in [2.05, 4.69) is 10.1 Å². The third kappa shape index (κ3) is 4.87. The average Bonchev–Trinajstić information content (AvgIpc) is 3.27. The van der Waals surface area contributed by atoms with Crippen molar-refractivity contribution in [3.05, 3.63) is 80.3 Å². The quantitative estimate of drug-likeness (QED) is 0.471. The molecule has 2 aliphatic rings. The van der Waals surface area contributed by atoms with Crippen LogP contribution in [0.5, 0.6) is 0 Å². The summed E-state index contributed by atoms with van der Waals surface area (Å²) in [6, 6.07) is 5.37. The van der Waals surface area contributed by atoms with Gasteiger partial charge in [0.25, 0.3) is 11.8 Å². The van der Waals surface area contributed by atoms with Crippen molar-refractivity contribution in [1.29, 1.82) is 0 Å². The molecule has 0 aliphatic carbocycles. The maximum absolute atomic E-state index is 13.8. The number of benzene rings is 1. The maximum atomic E-state index is 13.8. The number of halogens is 5. The van der Waals surface area contributed by atoms with Gasteiger partial charge < -0.3 is 14.9 Å². The van der Waals surface area contributed by atoms with E-state index in [1.54, 1.807) is 24.0 Å². The first-order valence-electron chi connectivity index (χ1n) is 12.2. The van der Waals surface area contributed by atoms with Gasteiger partial charge in [0.15, 0.2) is 0 Å². The summed E-state index contributed by atoms with van der Waals surface area (Å²) in [5.41, 5.74) is 1.23. The van der Waals surface area contributed by atoms with E-state index in [0.29, 0.717) is 33.8 Å². The summed E-state index contributed by atoms with van der Waals surface area (Å²) in [6.45, 7) is 3.48. The van der Waals surface area contributed by atoms with Gasteiger partial charge in [0.2, 0.25) is 0 Å². The van der Waals surface area contributed by atoms with Crippen molar-refractivity contribution in [3.8, 4) is 0 Å². The number of alkyl halides is 3. The van der Waals surface area contributed by atoms with Gasteiger partial charge in [0, 0.05) is 36.3 Å². The minimum atomic E-state index is -4.58. The van der Waals surface area contributed by atoms with E-state index < -0.39 is 29.9 Å². The minimum Gasteiger partial charge on any atom is -0.394 e. The van der Waals surface area contributed by atoms with Gasteiger partial charge in [-0.1, -0.05) is 29.3 Å². The standard InChI is InChI=1S/C26H24Cl2F3N5O3/c1-13-7-21-18(11-34(13)24(38)15-3-5-19(27)20(28)8-15)23-25(39)35(10-17(12-37)36(23)33-21)14(2)16-4-6-22(32-9-16)26(29,30)31/h3-6,8-9,13-14,17,37H,7,10-12H2,1-2H3/t13-,14+,17+/m1/s1. The zero-order valence-corrected chi connectivity index (χ0v) is 22.4. The predicted molar refractivity (Wildman–Crippen MR) is 137 cm³/mol. The van der Waals surface area contributed by atoms with Gasteiger partial charge >= 0.3 is 6.18 Å². The Labute approximate surface area is 231 Å². The molecule has 1 N–H and O–H groups in total. The fraction of sp³-hybridized carbons (Fsp3) is 0.385. The van der Waals surface area contributed by atoms with E-state index in [1.165, 1.54) is 21.7 Å². The molecule has 2 aliphatic heterocycles. The number of hydrogen-bond acceptors (Lipinski definition) is 5. The van der Waals surface area contributed by atoms with Crippen LogP contribution in [0.3, 0.4) is 0 Å². The van der Waals surface area contributed by atoms with Gasteiger partial charge in [-0.3, -0.25) is 19.3 Å². The third-order valence-electron chi connectivity index (χ3n) is 7.32. The Bertz CT molecular complexity index is 1440. The molecule has 1 aromatic carbocycles. The number of carbonyl (C=O) groups is 2. The number of rotatable bonds is 4. The predicted octanol–water partition coefficient (Wildman–Crippen LogP) is 4.94. The van der Waals surface area contributed by atoms with Gasteiger partial charge in [-0.05, 0) is 43.7 Å². The number of pyridine rings is 1. The number of aliphatic hydroxyl groups excluding tert-OH is 1. The molecule has 0 spiro atoms. The number of carbonyl (C=O) groups excluding carboxylic acids is 2. The first-order chi connectivity index (χ1) is 18.4. The number of nitrogens with zero attached hydrogens (tertiary/aromatic N) is 5. The van der Waals surface area contributed by atoms with Crippen LogP contribution >= 0.6 is 23.2 Å². The number of amides is 2. The molecule has 5 rings (SSSR count). The van der Waals surface area contributed by atoms with Crippen molar-refractivity contribution in [2.24, 2.45) is 0 Å². The van der Waals surface area contributed by atoms with E-state index in [4.69, 9.17) is 23.2 Å². The van der Waals surface area contributed by atoms with Crippen LogP contribution in [0.2, 0.25) is 10.0 Å². The van der Waals surface area contributed by atoms with E-state index in [1.807, 2.05) is 6.92 Å². The first-order valence-corrected chi connectivity index (χ1v) is 13.0. The number of aromatic nitrogens is 3. The van der Waals surface area contributed by atoms with Gasteiger partial charge in [-0.2, -0.15) is 18.3 Å². The summed E-state index contributed by atoms with van der Waals surface area (Å²) in [7, 11) is 0. The van der Waals surface area contributed by atoms with Gasteiger partial charge in [0.05, 0.1) is 41.0 Å². The van der Waals surface area contributed by atoms with E-state index in [0.717, 1.165) is 12.3 Å². The van der Waals surface area contributed by atoms with Crippen molar-refractivity contribution in [3.63, 3.8) is 0 Å². The van der Waals surface area contributed by atoms with Crippen LogP contribution < -0.4 is 0 Å². The maximum Gasteiger partial charge on any atom is 0.433 e. The molecule has 0 fully saturated rings. The molecule has 4 heterocycles. The highest BCUT2D eigenvalue weighted by Gasteiger charge is 2.42. The molecule has 206 valence electrons. The van der Waals surface area contributed by atoms with Crippen LogP contribution in [0.4, 0.5) is 13.2 Å². The van der Waals surface area contributed by atoms with Crippen LogP contribution in [-0.2, 0) is 19.1 Å². The number of hydrogen-bond donors (Lipinski definition) is 1. The van der Waals surface area contributed by atoms with E-state index in [-0.39, 0.29) is 42.4 Å². The SMILES string of the molecule is C[C@@H]1Cc2nn3c(c2CN1C(=O)c1ccc(Cl)c(Cl)c1)C(=O)N([C@@H](C)c1ccc(C(F)(F)F)nc1)C[C@H]3CO. The Morgan fingerprint density at radius 2 is 1.95 bits per heavy atom. The minimum absolute atomic E-state index is 0.104. The Kier molecular flexibility index (Phi) is 7.11. The third-order valence-corrected chi connectivity index (χ3v) is 8.06. The Hall–Kier alpha value is -3.15. The van der Waals surface area contributed by atoms with E-state index >= 15 is 0 Å². The van der Waals surface area contributed by atoms with Crippen molar-refractivity contribution < 1.29 is 27.9 Å². The highest BCUT2D eigenvalue weighted by atomic mass is 35.5. The molecular weight excluding hydrogens is 558 g/mol. The summed E-state index contributed by atoms with van der Waals surface area (Å²) in [6.07, 6.45) is -3.07. The lowest BCUT2D eigenvalue weighted by Gasteiger charge is -2.38. The average molecular weight is 582 g/mol. The van der Waals surface area contributed by atoms with Crippen LogP contribution in [0.15, 0.2) is 36.5 Å². The largest absolute Gasteiger partial charge is 0.433 e. The van der Waals surface area contributed by atoms with Crippen molar-refractivity contribution in [1.82, 2.24) is 24.6 Å². The summed E-state index contributed by atoms with van der Waals surface area (Å²) in [5, 5.41) is 15.4. The molecule has 0 saturated carbocycles. The van der Waals surface area contributed by atoms with Gasteiger partial charge in [0.1, 0.15) is 11.4 Å². The summed E-state index contributed by atoms with van der Waals surface area (Å²) >= 11 is 12.1. The van der Waals surface area contributed by atoms with E-state index in [9.17, 15) is 27.9 Å². The highest BCUT2D eigenvalue weighted by molar-refractivity contribution is 6.42. The lowest BCUT2D eigenvalue weighted by molar-refractivity contribution is -0.141. The van der Waals surface area contributed by atoms with Gasteiger partial charge in [-0.25, -0.2) is 0 Å². The molecule has 0 bridgehead atoms. The molecule has 3 aromatic rings. The number of fused-ring (bicyclic) bond motifs is 3. The molecule has 13 heteroatoms. The molecule has 8 nitrogen and oxygen atoms in total. The number of aliphatic hydroxyl groups is 1. The molecule has 0 unspecified atom stereocenters. The molecule has 39 heavy (non-hydrogen) atoms. The van der Waals surface area contributed by atoms with Crippen molar-refractivity contribution in [2.45, 2.75) is 51.1 Å². The molecule has 0 radical (unpaired) electrons. The topological polar surface area (TPSA) is 91.6 Å². The molecule has 0 saturated heterocycles. The van der Waals surface area contributed by atoms with Crippen LogP contribution in [0.1, 0.15) is 69.3 Å². The highest BCUT2D eigenvalue weighted by Crippen LogP contribution is 2.36. The Balaban J connectivity index is 1.47. The molecular formula is C26H24Cl2F3N5O3. The summed E-state index contributed by atoms with van der Waals surface area (Å²) in [5.74, 6) is -0.674. The van der Waals surface area contributed by atoms with Crippen molar-refractivity contribution >= 4 is 35.0 Å². The Morgan fingerprint density at radius 1 is 1.21 bits per heavy atom. The molecule has 2 aromatic heterocycles. The fourth-order valence-corrected chi connectivity index (χ4v) is 5.41. The monoisotopic (exact) mass is 581 g/mol. The Morgan fingerprint density at radius 3 is 2.56 bits per heavy atom. The van der Waals surface area contributed by atoms with Crippen LogP contribution in [-0.4, -0.2) is 60.7 Å². The first kappa shape index (κ1) is 27.4. The summed E-state index contributed by atoms with van der Waals surface area (Å²) < 4.78 is 40.5. The van der Waals surface area contributed by atoms with Crippen molar-refractivity contribution in [2.75, 3.05) is 13.2 Å². The summed E-state index contributed by atoms with van der Waals surface area (Å²) in [4.78, 5) is 33.9.